The maximum absolute atomic E-state index is 13.1. The van der Waals surface area contributed by atoms with Crippen molar-refractivity contribution in [3.8, 4) is 0 Å². The maximum atomic E-state index is 13.1. The number of hydrogen-bond acceptors (Lipinski definition) is 15. The van der Waals surface area contributed by atoms with Crippen molar-refractivity contribution in [3.63, 3.8) is 0 Å². The van der Waals surface area contributed by atoms with Crippen molar-refractivity contribution >= 4 is 39.5 Å². The number of phosphoric acid groups is 2. The third-order valence-electron chi connectivity index (χ3n) is 18.0. The third-order valence-corrected chi connectivity index (χ3v) is 19.9. The molecule has 0 bridgehead atoms. The van der Waals surface area contributed by atoms with Gasteiger partial charge in [0.15, 0.2) is 12.2 Å². The predicted octanol–water partition coefficient (Wildman–Crippen LogP) is 21.7. The summed E-state index contributed by atoms with van der Waals surface area (Å²) in [7, 11) is -9.91. The van der Waals surface area contributed by atoms with Crippen LogP contribution in [0.3, 0.4) is 0 Å². The second-order valence-corrected chi connectivity index (χ2v) is 31.4. The minimum Gasteiger partial charge on any atom is -0.462 e. The van der Waals surface area contributed by atoms with Crippen LogP contribution in [0, 0.1) is 23.7 Å². The summed E-state index contributed by atoms with van der Waals surface area (Å²) in [6, 6.07) is 0. The van der Waals surface area contributed by atoms with Crippen LogP contribution in [0.1, 0.15) is 376 Å². The van der Waals surface area contributed by atoms with Crippen molar-refractivity contribution in [2.45, 2.75) is 395 Å². The largest absolute Gasteiger partial charge is 0.472 e. The number of esters is 4. The molecule has 0 aliphatic carbocycles. The van der Waals surface area contributed by atoms with E-state index in [0.717, 1.165) is 120 Å². The molecular weight excluding hydrogens is 1230 g/mol. The van der Waals surface area contributed by atoms with Crippen molar-refractivity contribution in [2.75, 3.05) is 39.6 Å². The standard InChI is InChI=1S/C75H146O17P2/c1-9-67(7)53-45-37-29-25-26-32-42-50-58-75(80)92-70(61-85-72(77)55-47-39-30-23-18-16-14-12-11-13-15-17-21-27-35-43-51-65(3)4)63-89-93(81,82)87-59-69(76)60-88-94(83,84)90-64-71(62-86-73(78)56-48-40-34-33-38-46-54-68(8)10-2)91-74(79)57-49-41-31-24-20-19-22-28-36-44-52-66(5)6/h65-71,76H,9-64H2,1-8H3,(H,81,82)(H,83,84)/t67?,68?,69-,70-,71-/m1/s1. The van der Waals surface area contributed by atoms with E-state index in [2.05, 4.69) is 55.4 Å². The fourth-order valence-corrected chi connectivity index (χ4v) is 12.9. The zero-order valence-corrected chi connectivity index (χ0v) is 63.4. The van der Waals surface area contributed by atoms with E-state index in [9.17, 15) is 43.2 Å². The van der Waals surface area contributed by atoms with E-state index in [1.807, 2.05) is 0 Å². The molecular formula is C75H146O17P2. The predicted molar refractivity (Wildman–Crippen MR) is 381 cm³/mol. The van der Waals surface area contributed by atoms with Gasteiger partial charge in [0.1, 0.15) is 19.3 Å². The number of rotatable bonds is 72. The summed E-state index contributed by atoms with van der Waals surface area (Å²) in [5.74, 6) is 0.940. The Kier molecular flexibility index (Phi) is 63.1. The molecule has 0 rings (SSSR count). The first kappa shape index (κ1) is 92.1. The molecule has 0 spiro atoms. The van der Waals surface area contributed by atoms with Crippen LogP contribution in [0.15, 0.2) is 0 Å². The zero-order valence-electron chi connectivity index (χ0n) is 61.6. The number of carbonyl (C=O) groups is 4. The van der Waals surface area contributed by atoms with Crippen molar-refractivity contribution in [3.05, 3.63) is 0 Å². The second-order valence-electron chi connectivity index (χ2n) is 28.5. The van der Waals surface area contributed by atoms with Crippen LogP contribution < -0.4 is 0 Å². The summed E-state index contributed by atoms with van der Waals surface area (Å²) >= 11 is 0. The molecule has 94 heavy (non-hydrogen) atoms. The van der Waals surface area contributed by atoms with E-state index in [0.29, 0.717) is 25.7 Å². The van der Waals surface area contributed by atoms with E-state index in [-0.39, 0.29) is 25.7 Å². The number of unbranched alkanes of at least 4 members (excludes halogenated alkanes) is 36. The Balaban J connectivity index is 5.22. The van der Waals surface area contributed by atoms with Crippen molar-refractivity contribution in [1.29, 1.82) is 0 Å². The van der Waals surface area contributed by atoms with Crippen molar-refractivity contribution in [2.24, 2.45) is 23.7 Å². The monoisotopic (exact) mass is 1380 g/mol. The average Bonchev–Trinajstić information content (AvgIpc) is 1.16. The summed E-state index contributed by atoms with van der Waals surface area (Å²) in [4.78, 5) is 72.7. The molecule has 0 saturated carbocycles. The van der Waals surface area contributed by atoms with Gasteiger partial charge in [0.25, 0.3) is 0 Å². The molecule has 4 unspecified atom stereocenters. The molecule has 17 nitrogen and oxygen atoms in total. The van der Waals surface area contributed by atoms with Crippen LogP contribution in [0.2, 0.25) is 0 Å². The van der Waals surface area contributed by atoms with Gasteiger partial charge in [0.05, 0.1) is 26.4 Å². The van der Waals surface area contributed by atoms with E-state index in [1.54, 1.807) is 0 Å². The van der Waals surface area contributed by atoms with Gasteiger partial charge in [-0.25, -0.2) is 9.13 Å². The molecule has 0 saturated heterocycles. The Morgan fingerprint density at radius 3 is 0.755 bits per heavy atom. The second kappa shape index (κ2) is 64.4. The van der Waals surface area contributed by atoms with Crippen LogP contribution in [-0.2, 0) is 65.4 Å². The maximum Gasteiger partial charge on any atom is 0.472 e. The van der Waals surface area contributed by atoms with Gasteiger partial charge in [0, 0.05) is 25.7 Å². The molecule has 0 aromatic heterocycles. The fourth-order valence-electron chi connectivity index (χ4n) is 11.3. The highest BCUT2D eigenvalue weighted by Crippen LogP contribution is 2.45. The van der Waals surface area contributed by atoms with Gasteiger partial charge in [-0.05, 0) is 49.4 Å². The molecule has 3 N–H and O–H groups in total. The molecule has 558 valence electrons. The minimum atomic E-state index is -4.96. The highest BCUT2D eigenvalue weighted by Gasteiger charge is 2.30. The van der Waals surface area contributed by atoms with E-state index in [1.165, 1.54) is 173 Å². The normalized spacial score (nSPS) is 14.7. The molecule has 0 aliphatic heterocycles. The lowest BCUT2D eigenvalue weighted by atomic mass is 9.99. The molecule has 0 aromatic carbocycles. The summed E-state index contributed by atoms with van der Waals surface area (Å²) in [5.41, 5.74) is 0. The van der Waals surface area contributed by atoms with Crippen LogP contribution in [0.5, 0.6) is 0 Å². The minimum absolute atomic E-state index is 0.105. The summed E-state index contributed by atoms with van der Waals surface area (Å²) in [5, 5.41) is 10.6. The molecule has 0 fully saturated rings. The van der Waals surface area contributed by atoms with E-state index < -0.39 is 97.5 Å². The third kappa shape index (κ3) is 66.0. The van der Waals surface area contributed by atoms with E-state index >= 15 is 0 Å². The van der Waals surface area contributed by atoms with Crippen LogP contribution in [0.25, 0.3) is 0 Å². The Labute approximate surface area is 575 Å². The molecule has 0 aliphatic rings. The van der Waals surface area contributed by atoms with Gasteiger partial charge in [-0.3, -0.25) is 37.3 Å². The molecule has 0 radical (unpaired) electrons. The number of phosphoric ester groups is 2. The first-order valence-electron chi connectivity index (χ1n) is 38.8. The number of aliphatic hydroxyl groups excluding tert-OH is 1. The number of carbonyl (C=O) groups excluding carboxylic acids is 4. The SMILES string of the molecule is CCC(C)CCCCCCCCCCC(=O)O[C@H](COC(=O)CCCCCCCCCCCCCCCCCCC(C)C)COP(=O)(O)OC[C@@H](O)COP(=O)(O)OC[C@@H](COC(=O)CCCCCCCCC(C)CC)OC(=O)CCCCCCCCCCCCC(C)C. The molecule has 0 amide bonds. The van der Waals surface area contributed by atoms with Gasteiger partial charge in [0.2, 0.25) is 0 Å². The Morgan fingerprint density at radius 1 is 0.298 bits per heavy atom. The van der Waals surface area contributed by atoms with Crippen molar-refractivity contribution < 1.29 is 80.2 Å². The molecule has 0 heterocycles. The van der Waals surface area contributed by atoms with Gasteiger partial charge in [-0.15, -0.1) is 0 Å². The van der Waals surface area contributed by atoms with E-state index in [4.69, 9.17) is 37.0 Å². The topological polar surface area (TPSA) is 237 Å². The van der Waals surface area contributed by atoms with Gasteiger partial charge < -0.3 is 33.8 Å². The highest BCUT2D eigenvalue weighted by molar-refractivity contribution is 7.47. The quantitative estimate of drug-likeness (QED) is 0.0222. The summed E-state index contributed by atoms with van der Waals surface area (Å²) in [6.45, 7) is 14.2. The lowest BCUT2D eigenvalue weighted by Gasteiger charge is -2.21. The van der Waals surface area contributed by atoms with Gasteiger partial charge >= 0.3 is 39.5 Å². The lowest BCUT2D eigenvalue weighted by molar-refractivity contribution is -0.161. The number of aliphatic hydroxyl groups is 1. The zero-order chi connectivity index (χ0) is 69.6. The van der Waals surface area contributed by atoms with Crippen LogP contribution in [0.4, 0.5) is 0 Å². The van der Waals surface area contributed by atoms with Crippen molar-refractivity contribution in [1.82, 2.24) is 0 Å². The molecule has 19 heteroatoms. The Bertz CT molecular complexity index is 1850. The lowest BCUT2D eigenvalue weighted by Crippen LogP contribution is -2.30. The van der Waals surface area contributed by atoms with Gasteiger partial charge in [-0.1, -0.05) is 325 Å². The van der Waals surface area contributed by atoms with Gasteiger partial charge in [-0.2, -0.15) is 0 Å². The Hall–Kier alpha value is -1.94. The van der Waals surface area contributed by atoms with Crippen LogP contribution >= 0.6 is 15.6 Å². The smallest absolute Gasteiger partial charge is 0.462 e. The Morgan fingerprint density at radius 2 is 0.511 bits per heavy atom. The summed E-state index contributed by atoms with van der Waals surface area (Å²) in [6.07, 6.45) is 48.6. The summed E-state index contributed by atoms with van der Waals surface area (Å²) < 4.78 is 68.5. The average molecular weight is 1380 g/mol. The highest BCUT2D eigenvalue weighted by atomic mass is 31.2. The molecule has 0 aromatic rings. The first-order chi connectivity index (χ1) is 45.2. The fraction of sp³-hybridized carbons (Fsp3) is 0.947. The molecule has 7 atom stereocenters. The van der Waals surface area contributed by atoms with Crippen LogP contribution in [-0.4, -0.2) is 96.7 Å². The first-order valence-corrected chi connectivity index (χ1v) is 41.8. The number of hydrogen-bond donors (Lipinski definition) is 3. The number of ether oxygens (including phenoxy) is 4.